The maximum absolute atomic E-state index is 13.9. The minimum atomic E-state index is -4.53. The molecule has 214 valence electrons. The molecule has 1 heterocycles. The highest BCUT2D eigenvalue weighted by Crippen LogP contribution is 2.39. The monoisotopic (exact) mass is 577 g/mol. The minimum Gasteiger partial charge on any atom is -0.489 e. The van der Waals surface area contributed by atoms with E-state index < -0.39 is 17.7 Å². The van der Waals surface area contributed by atoms with Crippen molar-refractivity contribution in [2.75, 3.05) is 0 Å². The van der Waals surface area contributed by atoms with Gasteiger partial charge in [0.25, 0.3) is 0 Å². The number of carbonyl (C=O) groups is 1. The van der Waals surface area contributed by atoms with E-state index in [-0.39, 0.29) is 18.5 Å². The lowest BCUT2D eigenvalue weighted by molar-refractivity contribution is -0.137. The van der Waals surface area contributed by atoms with E-state index in [1.54, 1.807) is 18.3 Å². The summed E-state index contributed by atoms with van der Waals surface area (Å²) < 4.78 is 47.9. The third-order valence-corrected chi connectivity index (χ3v) is 7.42. The van der Waals surface area contributed by atoms with Crippen molar-refractivity contribution < 1.29 is 27.8 Å². The van der Waals surface area contributed by atoms with Gasteiger partial charge in [0.15, 0.2) is 0 Å². The van der Waals surface area contributed by atoms with Crippen LogP contribution in [-0.4, -0.2) is 16.1 Å². The van der Waals surface area contributed by atoms with E-state index in [0.717, 1.165) is 44.7 Å². The van der Waals surface area contributed by atoms with Crippen LogP contribution in [0.5, 0.6) is 5.75 Å². The van der Waals surface area contributed by atoms with Crippen molar-refractivity contribution in [2.45, 2.75) is 25.6 Å². The highest BCUT2D eigenvalue weighted by atomic mass is 19.4. The first-order valence-corrected chi connectivity index (χ1v) is 13.7. The molecule has 4 nitrogen and oxygen atoms in total. The number of rotatable bonds is 8. The molecule has 7 heteroatoms. The Morgan fingerprint density at radius 3 is 2.33 bits per heavy atom. The number of aromatic nitrogens is 1. The Kier molecular flexibility index (Phi) is 7.55. The molecule has 0 aliphatic carbocycles. The summed E-state index contributed by atoms with van der Waals surface area (Å²) in [6.45, 7) is 0.235. The number of pyridine rings is 1. The molecule has 6 aromatic rings. The first kappa shape index (κ1) is 28.0. The van der Waals surface area contributed by atoms with Gasteiger partial charge in [0.2, 0.25) is 0 Å². The van der Waals surface area contributed by atoms with E-state index >= 15 is 0 Å². The molecule has 0 spiro atoms. The summed E-state index contributed by atoms with van der Waals surface area (Å²) in [6, 6.07) is 32.6. The molecule has 6 rings (SSSR count). The second kappa shape index (κ2) is 11.6. The Morgan fingerprint density at radius 2 is 1.53 bits per heavy atom. The van der Waals surface area contributed by atoms with Crippen molar-refractivity contribution in [3.05, 3.63) is 143 Å². The van der Waals surface area contributed by atoms with Crippen molar-refractivity contribution in [3.8, 4) is 16.9 Å². The van der Waals surface area contributed by atoms with Gasteiger partial charge in [-0.15, -0.1) is 0 Å². The lowest BCUT2D eigenvalue weighted by Crippen LogP contribution is -2.07. The molecule has 0 radical (unpaired) electrons. The zero-order valence-corrected chi connectivity index (χ0v) is 22.9. The highest BCUT2D eigenvalue weighted by molar-refractivity contribution is 5.98. The zero-order valence-electron chi connectivity index (χ0n) is 22.9. The Bertz CT molecular complexity index is 1950. The van der Waals surface area contributed by atoms with Crippen molar-refractivity contribution in [1.82, 2.24) is 4.98 Å². The lowest BCUT2D eigenvalue weighted by Gasteiger charge is -2.17. The van der Waals surface area contributed by atoms with Crippen LogP contribution in [-0.2, 0) is 30.4 Å². The largest absolute Gasteiger partial charge is 0.489 e. The fourth-order valence-electron chi connectivity index (χ4n) is 5.50. The SMILES string of the molecule is O=C(O)Cc1cccc2cc(OCc3cccc(-c4c(Cc5ccccc5)cnc5c(C(F)(F)F)cccc45)c3)ccc12. The number of hydrogen-bond acceptors (Lipinski definition) is 3. The van der Waals surface area contributed by atoms with Crippen molar-refractivity contribution in [3.63, 3.8) is 0 Å². The van der Waals surface area contributed by atoms with E-state index in [1.807, 2.05) is 84.9 Å². The summed E-state index contributed by atoms with van der Waals surface area (Å²) in [4.78, 5) is 15.5. The molecule has 0 amide bonds. The molecule has 5 aromatic carbocycles. The van der Waals surface area contributed by atoms with Crippen LogP contribution in [0.15, 0.2) is 115 Å². The predicted octanol–water partition coefficient (Wildman–Crippen LogP) is 8.87. The number of aliphatic carboxylic acids is 1. The molecule has 1 N–H and O–H groups in total. The summed E-state index contributed by atoms with van der Waals surface area (Å²) >= 11 is 0. The van der Waals surface area contributed by atoms with Gasteiger partial charge in [-0.3, -0.25) is 9.78 Å². The lowest BCUT2D eigenvalue weighted by atomic mass is 9.91. The summed E-state index contributed by atoms with van der Waals surface area (Å²) in [5, 5.41) is 11.4. The summed E-state index contributed by atoms with van der Waals surface area (Å²) in [6.07, 6.45) is -2.53. The van der Waals surface area contributed by atoms with Crippen LogP contribution in [0, 0.1) is 0 Å². The molecule has 0 saturated heterocycles. The van der Waals surface area contributed by atoms with Crippen LogP contribution in [0.4, 0.5) is 13.2 Å². The number of carboxylic acid groups (broad SMARTS) is 1. The third kappa shape index (κ3) is 6.06. The molecule has 0 aliphatic rings. The molecule has 0 atom stereocenters. The number of halogens is 3. The Hall–Kier alpha value is -5.17. The van der Waals surface area contributed by atoms with E-state index in [9.17, 15) is 23.1 Å². The Labute approximate surface area is 246 Å². The average molecular weight is 578 g/mol. The summed E-state index contributed by atoms with van der Waals surface area (Å²) in [5.74, 6) is -0.268. The second-order valence-electron chi connectivity index (χ2n) is 10.4. The van der Waals surface area contributed by atoms with Crippen molar-refractivity contribution >= 4 is 27.6 Å². The Morgan fingerprint density at radius 1 is 0.767 bits per heavy atom. The topological polar surface area (TPSA) is 59.4 Å². The number of alkyl halides is 3. The van der Waals surface area contributed by atoms with Gasteiger partial charge in [0.1, 0.15) is 12.4 Å². The molecular weight excluding hydrogens is 551 g/mol. The third-order valence-electron chi connectivity index (χ3n) is 7.42. The van der Waals surface area contributed by atoms with Gasteiger partial charge < -0.3 is 9.84 Å². The molecule has 43 heavy (non-hydrogen) atoms. The normalized spacial score (nSPS) is 11.6. The van der Waals surface area contributed by atoms with Crippen molar-refractivity contribution in [2.24, 2.45) is 0 Å². The summed E-state index contributed by atoms with van der Waals surface area (Å²) in [5.41, 5.74) is 4.06. The van der Waals surface area contributed by atoms with Crippen LogP contribution >= 0.6 is 0 Å². The van der Waals surface area contributed by atoms with Gasteiger partial charge >= 0.3 is 12.1 Å². The number of benzene rings is 5. The maximum Gasteiger partial charge on any atom is 0.418 e. The van der Waals surface area contributed by atoms with Gasteiger partial charge in [0.05, 0.1) is 17.5 Å². The molecular formula is C36H26F3NO3. The van der Waals surface area contributed by atoms with Crippen LogP contribution in [0.25, 0.3) is 32.8 Å². The number of nitrogens with zero attached hydrogens (tertiary/aromatic N) is 1. The van der Waals surface area contributed by atoms with Gasteiger partial charge in [-0.25, -0.2) is 0 Å². The minimum absolute atomic E-state index is 0.0647. The van der Waals surface area contributed by atoms with Crippen molar-refractivity contribution in [1.29, 1.82) is 0 Å². The zero-order chi connectivity index (χ0) is 30.0. The van der Waals surface area contributed by atoms with Crippen LogP contribution in [0.1, 0.15) is 27.8 Å². The molecule has 1 aromatic heterocycles. The fraction of sp³-hybridized carbons (Fsp3) is 0.111. The quantitative estimate of drug-likeness (QED) is 0.196. The number of para-hydroxylation sites is 1. The fourth-order valence-corrected chi connectivity index (χ4v) is 5.50. The molecule has 0 fully saturated rings. The first-order valence-electron chi connectivity index (χ1n) is 13.7. The van der Waals surface area contributed by atoms with E-state index in [0.29, 0.717) is 23.1 Å². The maximum atomic E-state index is 13.9. The highest BCUT2D eigenvalue weighted by Gasteiger charge is 2.33. The standard InChI is InChI=1S/C36H26F3NO3/c37-36(38,39)32-14-6-13-31-34(28(21-40-35(31)32)17-23-7-2-1-3-8-23)27-12-4-9-24(18-27)22-43-29-15-16-30-25(19-29)10-5-11-26(30)20-33(41)42/h1-16,18-19,21H,17,20,22H2,(H,41,42). The van der Waals surface area contributed by atoms with Gasteiger partial charge in [0, 0.05) is 11.6 Å². The molecule has 0 bridgehead atoms. The molecule has 0 saturated carbocycles. The van der Waals surface area contributed by atoms with Gasteiger partial charge in [-0.1, -0.05) is 84.9 Å². The van der Waals surface area contributed by atoms with E-state index in [1.165, 1.54) is 6.07 Å². The number of fused-ring (bicyclic) bond motifs is 2. The van der Waals surface area contributed by atoms with Crippen LogP contribution in [0.3, 0.4) is 0 Å². The van der Waals surface area contributed by atoms with Crippen LogP contribution in [0.2, 0.25) is 0 Å². The predicted molar refractivity (Wildman–Crippen MR) is 161 cm³/mol. The van der Waals surface area contributed by atoms with E-state index in [2.05, 4.69) is 4.98 Å². The molecule has 0 unspecified atom stereocenters. The number of carboxylic acids is 1. The smallest absolute Gasteiger partial charge is 0.418 e. The van der Waals surface area contributed by atoms with Gasteiger partial charge in [-0.05, 0) is 74.8 Å². The van der Waals surface area contributed by atoms with Crippen LogP contribution < -0.4 is 4.74 Å². The number of ether oxygens (including phenoxy) is 1. The first-order chi connectivity index (χ1) is 20.8. The summed E-state index contributed by atoms with van der Waals surface area (Å²) in [7, 11) is 0. The Balaban J connectivity index is 1.36. The number of hydrogen-bond donors (Lipinski definition) is 1. The van der Waals surface area contributed by atoms with E-state index in [4.69, 9.17) is 4.74 Å². The van der Waals surface area contributed by atoms with Gasteiger partial charge in [-0.2, -0.15) is 13.2 Å². The molecule has 0 aliphatic heterocycles. The second-order valence-corrected chi connectivity index (χ2v) is 10.4. The average Bonchev–Trinajstić information content (AvgIpc) is 2.99.